The second kappa shape index (κ2) is 10.6. The predicted octanol–water partition coefficient (Wildman–Crippen LogP) is 8.33. The van der Waals surface area contributed by atoms with Crippen molar-refractivity contribution in [3.8, 4) is 0 Å². The zero-order valence-corrected chi connectivity index (χ0v) is 21.6. The van der Waals surface area contributed by atoms with Crippen molar-refractivity contribution in [2.45, 2.75) is 57.4 Å². The molecule has 0 heterocycles. The van der Waals surface area contributed by atoms with Crippen molar-refractivity contribution in [2.75, 3.05) is 0 Å². The third kappa shape index (κ3) is 4.75. The maximum atomic E-state index is 4.72. The Morgan fingerprint density at radius 3 is 1.94 bits per heavy atom. The molecular weight excluding hydrogens is 434 g/mol. The number of hydrogen-bond acceptors (Lipinski definition) is 1. The average molecular weight is 472 g/mol. The zero-order chi connectivity index (χ0) is 25.0. The largest absolute Gasteiger partial charge is 0.384 e. The van der Waals surface area contributed by atoms with Crippen LogP contribution in [-0.2, 0) is 24.8 Å². The molecule has 1 aliphatic carbocycles. The van der Waals surface area contributed by atoms with Gasteiger partial charge in [0.05, 0.1) is 5.41 Å². The maximum Gasteiger partial charge on any atom is 0.0598 e. The Kier molecular flexibility index (Phi) is 7.09. The Balaban J connectivity index is 1.48. The van der Waals surface area contributed by atoms with Crippen LogP contribution in [0.5, 0.6) is 0 Å². The molecule has 1 N–H and O–H groups in total. The number of nitrogens with one attached hydrogen (secondary N) is 1. The Morgan fingerprint density at radius 2 is 1.33 bits per heavy atom. The molecule has 0 amide bonds. The number of benzene rings is 4. The first-order chi connectivity index (χ1) is 17.6. The Hall–Kier alpha value is -3.58. The van der Waals surface area contributed by atoms with Crippen molar-refractivity contribution in [1.29, 1.82) is 0 Å². The molecule has 0 bridgehead atoms. The molecule has 5 rings (SSSR count). The topological polar surface area (TPSA) is 12.0 Å². The summed E-state index contributed by atoms with van der Waals surface area (Å²) < 4.78 is 0. The van der Waals surface area contributed by atoms with Crippen molar-refractivity contribution in [1.82, 2.24) is 5.32 Å². The predicted molar refractivity (Wildman–Crippen MR) is 152 cm³/mol. The SMILES string of the molecule is C=C(NCc1ccc(C(C)C)cc1)C1(CCCc2ccccc2)c2ccccc2Cc2ccccc21. The molecule has 36 heavy (non-hydrogen) atoms. The summed E-state index contributed by atoms with van der Waals surface area (Å²) in [5.74, 6) is 0.546. The zero-order valence-electron chi connectivity index (χ0n) is 21.6. The minimum atomic E-state index is -0.252. The van der Waals surface area contributed by atoms with E-state index in [4.69, 9.17) is 6.58 Å². The molecule has 0 spiro atoms. The molecule has 1 aliphatic rings. The number of rotatable bonds is 9. The van der Waals surface area contributed by atoms with Crippen LogP contribution in [0.4, 0.5) is 0 Å². The lowest BCUT2D eigenvalue weighted by Crippen LogP contribution is -2.40. The molecule has 0 aromatic heterocycles. The highest BCUT2D eigenvalue weighted by atomic mass is 14.9. The van der Waals surface area contributed by atoms with Gasteiger partial charge in [0.1, 0.15) is 0 Å². The van der Waals surface area contributed by atoms with E-state index in [1.165, 1.54) is 38.9 Å². The standard InChI is InChI=1S/C35H37N/c1-26(2)30-21-19-29(20-22-30)25-36-27(3)35(23-11-14-28-12-5-4-6-13-28)33-17-9-7-15-31(33)24-32-16-8-10-18-34(32)35/h4-10,12-13,15-22,26,36H,3,11,14,23-25H2,1-2H3. The van der Waals surface area contributed by atoms with Crippen LogP contribution >= 0.6 is 0 Å². The summed E-state index contributed by atoms with van der Waals surface area (Å²) in [5.41, 5.74) is 10.6. The van der Waals surface area contributed by atoms with E-state index in [0.717, 1.165) is 37.9 Å². The van der Waals surface area contributed by atoms with Gasteiger partial charge < -0.3 is 5.32 Å². The summed E-state index contributed by atoms with van der Waals surface area (Å²) in [6.07, 6.45) is 4.16. The molecule has 182 valence electrons. The second-order valence-corrected chi connectivity index (χ2v) is 10.5. The summed E-state index contributed by atoms with van der Waals surface area (Å²) in [6.45, 7) is 9.99. The van der Waals surface area contributed by atoms with Gasteiger partial charge in [-0.05, 0) is 70.5 Å². The normalized spacial score (nSPS) is 13.6. The smallest absolute Gasteiger partial charge is 0.0598 e. The van der Waals surface area contributed by atoms with Gasteiger partial charge in [-0.15, -0.1) is 0 Å². The second-order valence-electron chi connectivity index (χ2n) is 10.5. The van der Waals surface area contributed by atoms with Crippen LogP contribution < -0.4 is 5.32 Å². The quantitative estimate of drug-likeness (QED) is 0.259. The lowest BCUT2D eigenvalue weighted by molar-refractivity contribution is 0.475. The molecule has 0 fully saturated rings. The van der Waals surface area contributed by atoms with E-state index in [9.17, 15) is 0 Å². The Labute approximate surface area is 216 Å². The molecular formula is C35H37N. The minimum Gasteiger partial charge on any atom is -0.384 e. The van der Waals surface area contributed by atoms with Gasteiger partial charge in [-0.25, -0.2) is 0 Å². The Bertz CT molecular complexity index is 1270. The molecule has 4 aromatic carbocycles. The highest BCUT2D eigenvalue weighted by Crippen LogP contribution is 2.48. The summed E-state index contributed by atoms with van der Waals surface area (Å²) in [7, 11) is 0. The number of allylic oxidation sites excluding steroid dienone is 1. The molecule has 0 aliphatic heterocycles. The van der Waals surface area contributed by atoms with Crippen LogP contribution in [0.15, 0.2) is 115 Å². The third-order valence-electron chi connectivity index (χ3n) is 7.86. The molecule has 0 saturated carbocycles. The third-order valence-corrected chi connectivity index (χ3v) is 7.86. The highest BCUT2D eigenvalue weighted by molar-refractivity contribution is 5.58. The van der Waals surface area contributed by atoms with E-state index < -0.39 is 0 Å². The van der Waals surface area contributed by atoms with E-state index in [1.54, 1.807) is 0 Å². The fourth-order valence-corrected chi connectivity index (χ4v) is 5.86. The minimum absolute atomic E-state index is 0.252. The van der Waals surface area contributed by atoms with Crippen LogP contribution in [0.3, 0.4) is 0 Å². The fraction of sp³-hybridized carbons (Fsp3) is 0.257. The van der Waals surface area contributed by atoms with Gasteiger partial charge in [-0.1, -0.05) is 124 Å². The highest BCUT2D eigenvalue weighted by Gasteiger charge is 2.42. The van der Waals surface area contributed by atoms with Gasteiger partial charge >= 0.3 is 0 Å². The first-order valence-corrected chi connectivity index (χ1v) is 13.3. The molecule has 0 saturated heterocycles. The maximum absolute atomic E-state index is 4.72. The van der Waals surface area contributed by atoms with Crippen LogP contribution in [0.2, 0.25) is 0 Å². The fourth-order valence-electron chi connectivity index (χ4n) is 5.86. The number of fused-ring (bicyclic) bond motifs is 2. The summed E-state index contributed by atoms with van der Waals surface area (Å²) >= 11 is 0. The molecule has 0 unspecified atom stereocenters. The molecule has 0 atom stereocenters. The van der Waals surface area contributed by atoms with Crippen molar-refractivity contribution in [3.63, 3.8) is 0 Å². The number of aryl methyl sites for hydroxylation is 1. The lowest BCUT2D eigenvalue weighted by Gasteiger charge is -2.43. The van der Waals surface area contributed by atoms with Gasteiger partial charge in [-0.3, -0.25) is 0 Å². The van der Waals surface area contributed by atoms with Crippen LogP contribution in [0.1, 0.15) is 71.6 Å². The van der Waals surface area contributed by atoms with Crippen LogP contribution in [0, 0.1) is 0 Å². The van der Waals surface area contributed by atoms with E-state index in [1.807, 2.05) is 0 Å². The van der Waals surface area contributed by atoms with Crippen molar-refractivity contribution in [2.24, 2.45) is 0 Å². The first kappa shape index (κ1) is 24.1. The van der Waals surface area contributed by atoms with E-state index in [0.29, 0.717) is 5.92 Å². The van der Waals surface area contributed by atoms with Gasteiger partial charge in [0.15, 0.2) is 0 Å². The van der Waals surface area contributed by atoms with Crippen molar-refractivity contribution < 1.29 is 0 Å². The van der Waals surface area contributed by atoms with Gasteiger partial charge in [0.2, 0.25) is 0 Å². The van der Waals surface area contributed by atoms with Crippen molar-refractivity contribution in [3.05, 3.63) is 154 Å². The van der Waals surface area contributed by atoms with E-state index in [2.05, 4.69) is 122 Å². The molecule has 1 nitrogen and oxygen atoms in total. The number of hydrogen-bond donors (Lipinski definition) is 1. The van der Waals surface area contributed by atoms with Crippen LogP contribution in [0.25, 0.3) is 0 Å². The summed E-state index contributed by atoms with van der Waals surface area (Å²) in [4.78, 5) is 0. The Morgan fingerprint density at radius 1 is 0.750 bits per heavy atom. The van der Waals surface area contributed by atoms with Crippen molar-refractivity contribution >= 4 is 0 Å². The van der Waals surface area contributed by atoms with Gasteiger partial charge in [0, 0.05) is 12.2 Å². The molecule has 1 heteroatoms. The van der Waals surface area contributed by atoms with Crippen LogP contribution in [-0.4, -0.2) is 0 Å². The van der Waals surface area contributed by atoms with Gasteiger partial charge in [-0.2, -0.15) is 0 Å². The first-order valence-electron chi connectivity index (χ1n) is 13.3. The molecule has 0 radical (unpaired) electrons. The summed E-state index contributed by atoms with van der Waals surface area (Å²) in [5, 5.41) is 3.79. The van der Waals surface area contributed by atoms with E-state index >= 15 is 0 Å². The van der Waals surface area contributed by atoms with E-state index in [-0.39, 0.29) is 5.41 Å². The summed E-state index contributed by atoms with van der Waals surface area (Å²) in [6, 6.07) is 37.9. The molecule has 4 aromatic rings. The lowest BCUT2D eigenvalue weighted by atomic mass is 9.62. The van der Waals surface area contributed by atoms with Gasteiger partial charge in [0.25, 0.3) is 0 Å². The monoisotopic (exact) mass is 471 g/mol. The average Bonchev–Trinajstić information content (AvgIpc) is 2.92.